The molecule has 0 radical (unpaired) electrons. The lowest BCUT2D eigenvalue weighted by Gasteiger charge is -2.24. The van der Waals surface area contributed by atoms with Crippen molar-refractivity contribution in [2.24, 2.45) is 11.8 Å². The summed E-state index contributed by atoms with van der Waals surface area (Å²) in [4.78, 5) is 16.2. The van der Waals surface area contributed by atoms with Crippen molar-refractivity contribution >= 4 is 11.6 Å². The van der Waals surface area contributed by atoms with E-state index in [0.29, 0.717) is 11.8 Å². The van der Waals surface area contributed by atoms with Crippen LogP contribution in [0.5, 0.6) is 0 Å². The predicted molar refractivity (Wildman–Crippen MR) is 90.7 cm³/mol. The first-order valence-electron chi connectivity index (χ1n) is 8.77. The molecule has 0 spiro atoms. The maximum atomic E-state index is 11.8. The first kappa shape index (κ1) is 15.0. The van der Waals surface area contributed by atoms with Gasteiger partial charge in [0.25, 0.3) is 0 Å². The minimum Gasteiger partial charge on any atom is -0.384 e. The van der Waals surface area contributed by atoms with Crippen LogP contribution in [0.4, 0.5) is 5.69 Å². The number of hydrogen-bond donors (Lipinski definition) is 0. The third-order valence-corrected chi connectivity index (χ3v) is 6.24. The van der Waals surface area contributed by atoms with Gasteiger partial charge in [0.2, 0.25) is 5.91 Å². The quantitative estimate of drug-likeness (QED) is 0.855. The number of nitrogens with zero attached hydrogens (tertiary/aromatic N) is 2. The SMILES string of the molecule is COCC1C2CN(C(C)=O)CC12c1ccc(N2CCCC2)cc1. The Morgan fingerprint density at radius 3 is 2.57 bits per heavy atom. The Balaban J connectivity index is 1.58. The van der Waals surface area contributed by atoms with Crippen molar-refractivity contribution < 1.29 is 9.53 Å². The van der Waals surface area contributed by atoms with Gasteiger partial charge in [0.05, 0.1) is 6.61 Å². The van der Waals surface area contributed by atoms with E-state index in [4.69, 9.17) is 4.74 Å². The molecule has 1 aromatic carbocycles. The van der Waals surface area contributed by atoms with Gasteiger partial charge in [-0.05, 0) is 42.4 Å². The van der Waals surface area contributed by atoms with Crippen LogP contribution in [0.1, 0.15) is 25.3 Å². The maximum absolute atomic E-state index is 11.8. The normalized spacial score (nSPS) is 32.3. The van der Waals surface area contributed by atoms with Crippen LogP contribution < -0.4 is 4.90 Å². The number of likely N-dealkylation sites (tertiary alicyclic amines) is 1. The highest BCUT2D eigenvalue weighted by Gasteiger charge is 2.69. The fourth-order valence-corrected chi connectivity index (χ4v) is 4.91. The minimum atomic E-state index is 0.130. The summed E-state index contributed by atoms with van der Waals surface area (Å²) in [5.41, 5.74) is 2.85. The molecular weight excluding hydrogens is 288 g/mol. The number of carbonyl (C=O) groups is 1. The molecule has 23 heavy (non-hydrogen) atoms. The van der Waals surface area contributed by atoms with E-state index in [1.54, 1.807) is 14.0 Å². The van der Waals surface area contributed by atoms with Crippen LogP contribution in [-0.4, -0.2) is 50.7 Å². The van der Waals surface area contributed by atoms with Gasteiger partial charge in [-0.3, -0.25) is 4.79 Å². The number of rotatable bonds is 4. The lowest BCUT2D eigenvalue weighted by Crippen LogP contribution is -2.33. The molecule has 4 rings (SSSR count). The second kappa shape index (κ2) is 5.52. The third-order valence-electron chi connectivity index (χ3n) is 6.24. The van der Waals surface area contributed by atoms with Gasteiger partial charge < -0.3 is 14.5 Å². The average molecular weight is 314 g/mol. The van der Waals surface area contributed by atoms with Crippen LogP contribution in [0.3, 0.4) is 0 Å². The molecule has 1 aromatic rings. The predicted octanol–water partition coefficient (Wildman–Crippen LogP) is 2.28. The van der Waals surface area contributed by atoms with Crippen LogP contribution in [0.2, 0.25) is 0 Å². The molecule has 0 N–H and O–H groups in total. The van der Waals surface area contributed by atoms with Crippen molar-refractivity contribution in [3.8, 4) is 0 Å². The van der Waals surface area contributed by atoms with Crippen LogP contribution in [0, 0.1) is 11.8 Å². The number of benzene rings is 1. The molecule has 3 unspecified atom stereocenters. The van der Waals surface area contributed by atoms with Crippen molar-refractivity contribution in [3.63, 3.8) is 0 Å². The number of anilines is 1. The number of carbonyl (C=O) groups excluding carboxylic acids is 1. The van der Waals surface area contributed by atoms with Crippen molar-refractivity contribution in [1.29, 1.82) is 0 Å². The number of methoxy groups -OCH3 is 1. The van der Waals surface area contributed by atoms with Gasteiger partial charge in [0.1, 0.15) is 0 Å². The van der Waals surface area contributed by atoms with Crippen molar-refractivity contribution in [2.75, 3.05) is 44.8 Å². The summed E-state index contributed by atoms with van der Waals surface area (Å²) in [5.74, 6) is 1.31. The number of ether oxygens (including phenoxy) is 1. The third kappa shape index (κ3) is 2.26. The maximum Gasteiger partial charge on any atom is 0.219 e. The van der Waals surface area contributed by atoms with E-state index >= 15 is 0 Å². The monoisotopic (exact) mass is 314 g/mol. The highest BCUT2D eigenvalue weighted by Crippen LogP contribution is 2.64. The molecule has 2 heterocycles. The van der Waals surface area contributed by atoms with Gasteiger partial charge in [-0.1, -0.05) is 12.1 Å². The summed E-state index contributed by atoms with van der Waals surface area (Å²) in [7, 11) is 1.78. The number of amides is 1. The molecule has 4 heteroatoms. The summed E-state index contributed by atoms with van der Waals surface area (Å²) in [6.07, 6.45) is 2.61. The van der Waals surface area contributed by atoms with Gasteiger partial charge in [0, 0.05) is 51.3 Å². The first-order valence-corrected chi connectivity index (χ1v) is 8.77. The van der Waals surface area contributed by atoms with E-state index in [-0.39, 0.29) is 11.3 Å². The lowest BCUT2D eigenvalue weighted by molar-refractivity contribution is -0.128. The van der Waals surface area contributed by atoms with Gasteiger partial charge in [-0.15, -0.1) is 0 Å². The topological polar surface area (TPSA) is 32.8 Å². The molecule has 3 atom stereocenters. The summed E-state index contributed by atoms with van der Waals surface area (Å²) < 4.78 is 5.44. The fraction of sp³-hybridized carbons (Fsp3) is 0.632. The highest BCUT2D eigenvalue weighted by atomic mass is 16.5. The Labute approximate surface area is 138 Å². The van der Waals surface area contributed by atoms with Crippen LogP contribution in [-0.2, 0) is 14.9 Å². The van der Waals surface area contributed by atoms with Crippen molar-refractivity contribution in [3.05, 3.63) is 29.8 Å². The minimum absolute atomic E-state index is 0.130. The van der Waals surface area contributed by atoms with E-state index < -0.39 is 0 Å². The van der Waals surface area contributed by atoms with Gasteiger partial charge in [-0.2, -0.15) is 0 Å². The summed E-state index contributed by atoms with van der Waals surface area (Å²) >= 11 is 0. The van der Waals surface area contributed by atoms with Gasteiger partial charge in [0.15, 0.2) is 0 Å². The molecule has 3 fully saturated rings. The van der Waals surface area contributed by atoms with Crippen LogP contribution in [0.15, 0.2) is 24.3 Å². The van der Waals surface area contributed by atoms with E-state index in [1.165, 1.54) is 37.2 Å². The molecule has 0 bridgehead atoms. The van der Waals surface area contributed by atoms with Crippen molar-refractivity contribution in [1.82, 2.24) is 4.90 Å². The molecule has 1 amide bonds. The summed E-state index contributed by atoms with van der Waals surface area (Å²) in [6, 6.07) is 9.12. The molecule has 1 aliphatic carbocycles. The number of piperidine rings is 1. The highest BCUT2D eigenvalue weighted by molar-refractivity contribution is 5.74. The number of fused-ring (bicyclic) bond motifs is 1. The summed E-state index contributed by atoms with van der Waals surface area (Å²) in [6.45, 7) is 6.57. The molecule has 3 aliphatic rings. The zero-order valence-corrected chi connectivity index (χ0v) is 14.1. The second-order valence-electron chi connectivity index (χ2n) is 7.35. The Hall–Kier alpha value is -1.55. The molecule has 4 nitrogen and oxygen atoms in total. The van der Waals surface area contributed by atoms with E-state index in [0.717, 1.165) is 19.7 Å². The summed E-state index contributed by atoms with van der Waals surface area (Å²) in [5, 5.41) is 0. The smallest absolute Gasteiger partial charge is 0.219 e. The van der Waals surface area contributed by atoms with E-state index in [2.05, 4.69) is 29.2 Å². The molecular formula is C19H26N2O2. The fourth-order valence-electron chi connectivity index (χ4n) is 4.91. The van der Waals surface area contributed by atoms with Crippen LogP contribution in [0.25, 0.3) is 0 Å². The Bertz CT molecular complexity index is 594. The standard InChI is InChI=1S/C19H26N2O2/c1-14(22)21-11-17-18(12-23-2)19(17,13-21)15-5-7-16(8-6-15)20-9-3-4-10-20/h5-8,17-18H,3-4,9-13H2,1-2H3. The Morgan fingerprint density at radius 2 is 1.96 bits per heavy atom. The zero-order chi connectivity index (χ0) is 16.0. The van der Waals surface area contributed by atoms with Gasteiger partial charge >= 0.3 is 0 Å². The van der Waals surface area contributed by atoms with Crippen molar-refractivity contribution in [2.45, 2.75) is 25.2 Å². The molecule has 2 saturated heterocycles. The first-order chi connectivity index (χ1) is 11.2. The van der Waals surface area contributed by atoms with Gasteiger partial charge in [-0.25, -0.2) is 0 Å². The average Bonchev–Trinajstić information content (AvgIpc) is 3.00. The molecule has 2 aliphatic heterocycles. The van der Waals surface area contributed by atoms with E-state index in [1.807, 2.05) is 4.90 Å². The lowest BCUT2D eigenvalue weighted by atomic mass is 9.92. The second-order valence-corrected chi connectivity index (χ2v) is 7.35. The largest absolute Gasteiger partial charge is 0.384 e. The zero-order valence-electron chi connectivity index (χ0n) is 14.1. The molecule has 0 aromatic heterocycles. The van der Waals surface area contributed by atoms with Crippen LogP contribution >= 0.6 is 0 Å². The Kier molecular flexibility index (Phi) is 3.60. The molecule has 124 valence electrons. The molecule has 1 saturated carbocycles. The van der Waals surface area contributed by atoms with E-state index in [9.17, 15) is 4.79 Å². The number of hydrogen-bond acceptors (Lipinski definition) is 3. The Morgan fingerprint density at radius 1 is 1.26 bits per heavy atom.